The minimum absolute atomic E-state index is 0.465. The summed E-state index contributed by atoms with van der Waals surface area (Å²) >= 11 is 0. The van der Waals surface area contributed by atoms with Crippen LogP contribution < -0.4 is 5.32 Å². The van der Waals surface area contributed by atoms with Gasteiger partial charge in [-0.3, -0.25) is 4.98 Å². The molecule has 1 atom stereocenters. The largest absolute Gasteiger partial charge is 0.310 e. The van der Waals surface area contributed by atoms with Crippen molar-refractivity contribution < 1.29 is 0 Å². The van der Waals surface area contributed by atoms with E-state index in [9.17, 15) is 0 Å². The Morgan fingerprint density at radius 2 is 2.00 bits per heavy atom. The molecule has 0 amide bonds. The molecular weight excluding hydrogens is 208 g/mol. The molecule has 1 heterocycles. The first-order valence-electron chi connectivity index (χ1n) is 6.79. The molecule has 0 aliphatic carbocycles. The van der Waals surface area contributed by atoms with Gasteiger partial charge in [-0.05, 0) is 37.4 Å². The molecule has 2 nitrogen and oxygen atoms in total. The van der Waals surface area contributed by atoms with Crippen LogP contribution in [0.2, 0.25) is 0 Å². The fourth-order valence-electron chi connectivity index (χ4n) is 2.05. The average molecular weight is 234 g/mol. The highest BCUT2D eigenvalue weighted by atomic mass is 14.9. The minimum atomic E-state index is 0.465. The SMILES string of the molecule is CCNC(CCCC(C)C)c1ccc(C)nc1. The molecule has 0 aromatic carbocycles. The molecule has 0 bridgehead atoms. The predicted molar refractivity (Wildman–Crippen MR) is 74.1 cm³/mol. The van der Waals surface area contributed by atoms with Crippen molar-refractivity contribution >= 4 is 0 Å². The van der Waals surface area contributed by atoms with E-state index in [0.717, 1.165) is 18.2 Å². The van der Waals surface area contributed by atoms with Crippen LogP contribution in [0.4, 0.5) is 0 Å². The first-order chi connectivity index (χ1) is 8.13. The maximum atomic E-state index is 4.39. The van der Waals surface area contributed by atoms with E-state index in [2.05, 4.69) is 43.2 Å². The van der Waals surface area contributed by atoms with Gasteiger partial charge < -0.3 is 5.32 Å². The summed E-state index contributed by atoms with van der Waals surface area (Å²) < 4.78 is 0. The molecule has 17 heavy (non-hydrogen) atoms. The van der Waals surface area contributed by atoms with E-state index in [1.807, 2.05) is 13.1 Å². The zero-order valence-corrected chi connectivity index (χ0v) is 11.7. The van der Waals surface area contributed by atoms with Crippen LogP contribution in [-0.2, 0) is 0 Å². The maximum absolute atomic E-state index is 4.39. The van der Waals surface area contributed by atoms with Crippen molar-refractivity contribution in [3.05, 3.63) is 29.6 Å². The van der Waals surface area contributed by atoms with Crippen molar-refractivity contribution in [3.8, 4) is 0 Å². The fourth-order valence-corrected chi connectivity index (χ4v) is 2.05. The second-order valence-electron chi connectivity index (χ2n) is 5.17. The van der Waals surface area contributed by atoms with Crippen LogP contribution in [0.1, 0.15) is 57.3 Å². The Bertz CT molecular complexity index is 303. The van der Waals surface area contributed by atoms with Gasteiger partial charge >= 0.3 is 0 Å². The lowest BCUT2D eigenvalue weighted by molar-refractivity contribution is 0.454. The van der Waals surface area contributed by atoms with Gasteiger partial charge in [-0.2, -0.15) is 0 Å². The molecule has 0 spiro atoms. The van der Waals surface area contributed by atoms with E-state index >= 15 is 0 Å². The summed E-state index contributed by atoms with van der Waals surface area (Å²) in [5.74, 6) is 0.799. The quantitative estimate of drug-likeness (QED) is 0.774. The first-order valence-corrected chi connectivity index (χ1v) is 6.79. The van der Waals surface area contributed by atoms with E-state index < -0.39 is 0 Å². The molecule has 0 radical (unpaired) electrons. The van der Waals surface area contributed by atoms with Gasteiger partial charge in [-0.15, -0.1) is 0 Å². The van der Waals surface area contributed by atoms with Crippen LogP contribution in [-0.4, -0.2) is 11.5 Å². The minimum Gasteiger partial charge on any atom is -0.310 e. The molecule has 1 aromatic rings. The maximum Gasteiger partial charge on any atom is 0.0372 e. The third-order valence-corrected chi connectivity index (χ3v) is 3.06. The molecule has 2 heteroatoms. The highest BCUT2D eigenvalue weighted by molar-refractivity contribution is 5.17. The third kappa shape index (κ3) is 5.31. The number of nitrogens with zero attached hydrogens (tertiary/aromatic N) is 1. The van der Waals surface area contributed by atoms with Crippen molar-refractivity contribution in [2.24, 2.45) is 5.92 Å². The number of nitrogens with one attached hydrogen (secondary N) is 1. The Balaban J connectivity index is 2.55. The first kappa shape index (κ1) is 14.2. The lowest BCUT2D eigenvalue weighted by Crippen LogP contribution is -2.21. The Hall–Kier alpha value is -0.890. The summed E-state index contributed by atoms with van der Waals surface area (Å²) in [5, 5.41) is 3.55. The van der Waals surface area contributed by atoms with Crippen LogP contribution in [0.25, 0.3) is 0 Å². The lowest BCUT2D eigenvalue weighted by atomic mass is 9.99. The molecule has 1 aromatic heterocycles. The van der Waals surface area contributed by atoms with Crippen LogP contribution in [0.15, 0.2) is 18.3 Å². The Kier molecular flexibility index (Phi) is 6.20. The lowest BCUT2D eigenvalue weighted by Gasteiger charge is -2.18. The molecule has 0 aliphatic heterocycles. The van der Waals surface area contributed by atoms with Crippen molar-refractivity contribution in [2.75, 3.05) is 6.54 Å². The van der Waals surface area contributed by atoms with Crippen LogP contribution in [0.5, 0.6) is 0 Å². The summed E-state index contributed by atoms with van der Waals surface area (Å²) in [7, 11) is 0. The van der Waals surface area contributed by atoms with Gasteiger partial charge in [0.05, 0.1) is 0 Å². The van der Waals surface area contributed by atoms with Crippen LogP contribution in [0.3, 0.4) is 0 Å². The highest BCUT2D eigenvalue weighted by Crippen LogP contribution is 2.20. The van der Waals surface area contributed by atoms with E-state index in [0.29, 0.717) is 6.04 Å². The highest BCUT2D eigenvalue weighted by Gasteiger charge is 2.10. The summed E-state index contributed by atoms with van der Waals surface area (Å²) in [6.07, 6.45) is 5.80. The van der Waals surface area contributed by atoms with Gasteiger partial charge in [0, 0.05) is 17.9 Å². The molecule has 1 unspecified atom stereocenters. The fraction of sp³-hybridized carbons (Fsp3) is 0.667. The molecule has 0 saturated carbocycles. The van der Waals surface area contributed by atoms with Crippen molar-refractivity contribution in [2.45, 2.75) is 53.0 Å². The summed E-state index contributed by atoms with van der Waals surface area (Å²) in [6, 6.07) is 4.76. The van der Waals surface area contributed by atoms with Crippen molar-refractivity contribution in [1.29, 1.82) is 0 Å². The molecule has 0 saturated heterocycles. The molecule has 96 valence electrons. The van der Waals surface area contributed by atoms with Gasteiger partial charge in [0.15, 0.2) is 0 Å². The summed E-state index contributed by atoms with van der Waals surface area (Å²) in [6.45, 7) is 9.79. The Labute approximate surface area is 106 Å². The van der Waals surface area contributed by atoms with E-state index in [-0.39, 0.29) is 0 Å². The molecular formula is C15H26N2. The monoisotopic (exact) mass is 234 g/mol. The number of aromatic nitrogens is 1. The number of rotatable bonds is 7. The van der Waals surface area contributed by atoms with Gasteiger partial charge in [-0.25, -0.2) is 0 Å². The number of aryl methyl sites for hydroxylation is 1. The van der Waals surface area contributed by atoms with E-state index in [1.165, 1.54) is 24.8 Å². The number of hydrogen-bond acceptors (Lipinski definition) is 2. The zero-order chi connectivity index (χ0) is 12.7. The smallest absolute Gasteiger partial charge is 0.0372 e. The normalized spacial score (nSPS) is 13.0. The third-order valence-electron chi connectivity index (χ3n) is 3.06. The zero-order valence-electron chi connectivity index (χ0n) is 11.7. The summed E-state index contributed by atoms with van der Waals surface area (Å²) in [5.41, 5.74) is 2.41. The van der Waals surface area contributed by atoms with Gasteiger partial charge in [-0.1, -0.05) is 39.7 Å². The van der Waals surface area contributed by atoms with Gasteiger partial charge in [0.25, 0.3) is 0 Å². The summed E-state index contributed by atoms with van der Waals surface area (Å²) in [4.78, 5) is 4.39. The van der Waals surface area contributed by atoms with Gasteiger partial charge in [0.2, 0.25) is 0 Å². The topological polar surface area (TPSA) is 24.9 Å². The second kappa shape index (κ2) is 7.44. The van der Waals surface area contributed by atoms with Crippen molar-refractivity contribution in [1.82, 2.24) is 10.3 Å². The van der Waals surface area contributed by atoms with Gasteiger partial charge in [0.1, 0.15) is 0 Å². The Morgan fingerprint density at radius 3 is 2.53 bits per heavy atom. The van der Waals surface area contributed by atoms with Crippen LogP contribution >= 0.6 is 0 Å². The number of hydrogen-bond donors (Lipinski definition) is 1. The van der Waals surface area contributed by atoms with E-state index in [4.69, 9.17) is 0 Å². The average Bonchev–Trinajstić information content (AvgIpc) is 2.29. The standard InChI is InChI=1S/C15H26N2/c1-5-16-15(8-6-7-12(2)3)14-10-9-13(4)17-11-14/h9-12,15-16H,5-8H2,1-4H3. The Morgan fingerprint density at radius 1 is 1.24 bits per heavy atom. The van der Waals surface area contributed by atoms with Crippen molar-refractivity contribution in [3.63, 3.8) is 0 Å². The predicted octanol–water partition coefficient (Wildman–Crippen LogP) is 3.87. The molecule has 1 N–H and O–H groups in total. The van der Waals surface area contributed by atoms with Crippen LogP contribution in [0, 0.1) is 12.8 Å². The molecule has 0 fully saturated rings. The van der Waals surface area contributed by atoms with E-state index in [1.54, 1.807) is 0 Å². The number of pyridine rings is 1. The molecule has 1 rings (SSSR count). The second-order valence-corrected chi connectivity index (χ2v) is 5.17. The molecule has 0 aliphatic rings.